The summed E-state index contributed by atoms with van der Waals surface area (Å²) in [5.41, 5.74) is 0.149. The highest BCUT2D eigenvalue weighted by atomic mass is 31.2. The molecule has 4 fully saturated rings. The molecule has 0 aromatic rings. The number of quaternary nitrogens is 1. The minimum absolute atomic E-state index is 0.149. The Morgan fingerprint density at radius 3 is 2.00 bits per heavy atom. The van der Waals surface area contributed by atoms with Gasteiger partial charge in [0.1, 0.15) is 13.2 Å². The molecule has 6 heteroatoms. The standard InChI is InChI=1S/C16H30NO4P/c1-17(2,3)4-5-20-22(18,19)21-12-16-9-13-6-14(10-16)8-15(7-13)11-16/h13-15H,4-12H2,1-3H3/p+1. The van der Waals surface area contributed by atoms with Gasteiger partial charge in [0, 0.05) is 0 Å². The molecule has 0 spiro atoms. The van der Waals surface area contributed by atoms with E-state index < -0.39 is 7.82 Å². The van der Waals surface area contributed by atoms with E-state index >= 15 is 0 Å². The Morgan fingerprint density at radius 1 is 1.05 bits per heavy atom. The van der Waals surface area contributed by atoms with Gasteiger partial charge in [0.05, 0.1) is 27.7 Å². The van der Waals surface area contributed by atoms with Crippen LogP contribution < -0.4 is 0 Å². The second-order valence-electron chi connectivity index (χ2n) is 9.01. The van der Waals surface area contributed by atoms with Crippen molar-refractivity contribution in [1.82, 2.24) is 0 Å². The maximum atomic E-state index is 12.1. The largest absolute Gasteiger partial charge is 0.472 e. The predicted octanol–water partition coefficient (Wildman–Crippen LogP) is 3.04. The Bertz CT molecular complexity index is 424. The van der Waals surface area contributed by atoms with Gasteiger partial charge in [0.2, 0.25) is 0 Å². The average Bonchev–Trinajstić information content (AvgIpc) is 2.33. The van der Waals surface area contributed by atoms with Crippen LogP contribution in [0.2, 0.25) is 0 Å². The van der Waals surface area contributed by atoms with Crippen LogP contribution in [0.4, 0.5) is 0 Å². The summed E-state index contributed by atoms with van der Waals surface area (Å²) in [4.78, 5) is 9.92. The van der Waals surface area contributed by atoms with Crippen molar-refractivity contribution < 1.29 is 23.0 Å². The van der Waals surface area contributed by atoms with Crippen LogP contribution in [0.3, 0.4) is 0 Å². The van der Waals surface area contributed by atoms with Crippen molar-refractivity contribution in [2.24, 2.45) is 23.2 Å². The molecule has 4 rings (SSSR count). The third kappa shape index (κ3) is 4.12. The molecule has 0 saturated heterocycles. The van der Waals surface area contributed by atoms with Crippen molar-refractivity contribution in [2.45, 2.75) is 38.5 Å². The van der Waals surface area contributed by atoms with Crippen LogP contribution in [0.25, 0.3) is 0 Å². The van der Waals surface area contributed by atoms with Crippen molar-refractivity contribution in [3.05, 3.63) is 0 Å². The first-order valence-corrected chi connectivity index (χ1v) is 10.1. The van der Waals surface area contributed by atoms with Gasteiger partial charge in [-0.05, 0) is 61.7 Å². The molecule has 0 heterocycles. The normalized spacial score (nSPS) is 39.9. The van der Waals surface area contributed by atoms with Gasteiger partial charge in [-0.15, -0.1) is 0 Å². The van der Waals surface area contributed by atoms with E-state index in [0.717, 1.165) is 17.8 Å². The lowest BCUT2D eigenvalue weighted by molar-refractivity contribution is -0.870. The monoisotopic (exact) mass is 332 g/mol. The molecular weight excluding hydrogens is 301 g/mol. The molecule has 0 aliphatic heterocycles. The van der Waals surface area contributed by atoms with Gasteiger partial charge in [-0.3, -0.25) is 9.05 Å². The molecule has 1 unspecified atom stereocenters. The molecule has 1 atom stereocenters. The van der Waals surface area contributed by atoms with Crippen LogP contribution >= 0.6 is 7.82 Å². The molecule has 0 aromatic carbocycles. The third-order valence-corrected chi connectivity index (χ3v) is 6.68. The van der Waals surface area contributed by atoms with Crippen molar-refractivity contribution in [2.75, 3.05) is 40.9 Å². The summed E-state index contributed by atoms with van der Waals surface area (Å²) < 4.78 is 23.4. The van der Waals surface area contributed by atoms with E-state index in [4.69, 9.17) is 9.05 Å². The zero-order valence-electron chi connectivity index (χ0n) is 14.2. The first kappa shape index (κ1) is 16.9. The summed E-state index contributed by atoms with van der Waals surface area (Å²) in [5, 5.41) is 0. The molecule has 0 amide bonds. The molecule has 0 aromatic heterocycles. The number of hydrogen-bond donors (Lipinski definition) is 1. The molecular formula is C16H31NO4P+. The fourth-order valence-corrected chi connectivity index (χ4v) is 5.98. The fourth-order valence-electron chi connectivity index (χ4n) is 5.15. The maximum absolute atomic E-state index is 12.1. The molecule has 4 saturated carbocycles. The van der Waals surface area contributed by atoms with E-state index in [-0.39, 0.29) is 12.0 Å². The number of phosphoric acid groups is 1. The van der Waals surface area contributed by atoms with Gasteiger partial charge in [-0.25, -0.2) is 4.57 Å². The number of rotatable bonds is 7. The average molecular weight is 332 g/mol. The first-order valence-electron chi connectivity index (χ1n) is 8.57. The van der Waals surface area contributed by atoms with Gasteiger partial charge in [0.15, 0.2) is 0 Å². The molecule has 4 aliphatic rings. The van der Waals surface area contributed by atoms with Crippen molar-refractivity contribution in [3.63, 3.8) is 0 Å². The van der Waals surface area contributed by atoms with Crippen LogP contribution in [0.1, 0.15) is 38.5 Å². The van der Waals surface area contributed by atoms with E-state index in [0.29, 0.717) is 17.6 Å². The summed E-state index contributed by atoms with van der Waals surface area (Å²) in [7, 11) is 2.18. The lowest BCUT2D eigenvalue weighted by atomic mass is 9.50. The quantitative estimate of drug-likeness (QED) is 0.575. The Labute approximate surface area is 134 Å². The maximum Gasteiger partial charge on any atom is 0.472 e. The summed E-state index contributed by atoms with van der Waals surface area (Å²) in [6.07, 6.45) is 7.65. The third-order valence-electron chi connectivity index (χ3n) is 5.72. The highest BCUT2D eigenvalue weighted by Crippen LogP contribution is 2.61. The number of phosphoric ester groups is 1. The van der Waals surface area contributed by atoms with E-state index in [2.05, 4.69) is 0 Å². The minimum atomic E-state index is -3.91. The lowest BCUT2D eigenvalue weighted by Crippen LogP contribution is -2.48. The minimum Gasteiger partial charge on any atom is -0.329 e. The van der Waals surface area contributed by atoms with E-state index in [1.807, 2.05) is 21.1 Å². The summed E-state index contributed by atoms with van der Waals surface area (Å²) in [6, 6.07) is 0. The van der Waals surface area contributed by atoms with Crippen LogP contribution in [0.5, 0.6) is 0 Å². The van der Waals surface area contributed by atoms with Gasteiger partial charge in [0.25, 0.3) is 0 Å². The summed E-state index contributed by atoms with van der Waals surface area (Å²) in [6.45, 7) is 1.33. The molecule has 4 bridgehead atoms. The zero-order valence-corrected chi connectivity index (χ0v) is 15.1. The second-order valence-corrected chi connectivity index (χ2v) is 10.5. The van der Waals surface area contributed by atoms with Gasteiger partial charge in [-0.1, -0.05) is 0 Å². The SMILES string of the molecule is C[N+](C)(C)CCOP(=O)(O)OCC12CC3CC(CC(C3)C1)C2. The van der Waals surface area contributed by atoms with Crippen molar-refractivity contribution >= 4 is 7.82 Å². The van der Waals surface area contributed by atoms with Crippen LogP contribution in [-0.2, 0) is 13.6 Å². The molecule has 0 radical (unpaired) electrons. The summed E-state index contributed by atoms with van der Waals surface area (Å²) in [5.74, 6) is 2.48. The molecule has 128 valence electrons. The van der Waals surface area contributed by atoms with Crippen LogP contribution in [0, 0.1) is 23.2 Å². The van der Waals surface area contributed by atoms with E-state index in [9.17, 15) is 9.46 Å². The van der Waals surface area contributed by atoms with E-state index in [1.165, 1.54) is 38.5 Å². The Kier molecular flexibility index (Phi) is 4.50. The smallest absolute Gasteiger partial charge is 0.329 e. The highest BCUT2D eigenvalue weighted by molar-refractivity contribution is 7.47. The second kappa shape index (κ2) is 5.86. The Balaban J connectivity index is 1.50. The predicted molar refractivity (Wildman–Crippen MR) is 85.2 cm³/mol. The number of likely N-dealkylation sites (N-methyl/N-ethyl adjacent to an activating group) is 1. The highest BCUT2D eigenvalue weighted by Gasteiger charge is 2.51. The van der Waals surface area contributed by atoms with Crippen LogP contribution in [0.15, 0.2) is 0 Å². The van der Waals surface area contributed by atoms with Gasteiger partial charge in [-0.2, -0.15) is 0 Å². The fraction of sp³-hybridized carbons (Fsp3) is 1.00. The van der Waals surface area contributed by atoms with Gasteiger partial charge >= 0.3 is 7.82 Å². The molecule has 4 aliphatic carbocycles. The molecule has 5 nitrogen and oxygen atoms in total. The molecule has 22 heavy (non-hydrogen) atoms. The number of nitrogens with zero attached hydrogens (tertiary/aromatic N) is 1. The van der Waals surface area contributed by atoms with Crippen molar-refractivity contribution in [1.29, 1.82) is 0 Å². The van der Waals surface area contributed by atoms with Gasteiger partial charge < -0.3 is 9.38 Å². The Morgan fingerprint density at radius 2 is 1.55 bits per heavy atom. The molecule has 1 N–H and O–H groups in total. The number of hydrogen-bond acceptors (Lipinski definition) is 3. The Hall–Kier alpha value is 0.0700. The first-order chi connectivity index (χ1) is 10.1. The summed E-state index contributed by atoms with van der Waals surface area (Å²) >= 11 is 0. The lowest BCUT2D eigenvalue weighted by Gasteiger charge is -2.56. The van der Waals surface area contributed by atoms with Crippen molar-refractivity contribution in [3.8, 4) is 0 Å². The topological polar surface area (TPSA) is 55.8 Å². The zero-order chi connectivity index (χ0) is 16.0. The van der Waals surface area contributed by atoms with Crippen LogP contribution in [-0.4, -0.2) is 50.3 Å². The van der Waals surface area contributed by atoms with E-state index in [1.54, 1.807) is 0 Å².